The van der Waals surface area contributed by atoms with E-state index < -0.39 is 0 Å². The zero-order valence-electron chi connectivity index (χ0n) is 18.7. The quantitative estimate of drug-likeness (QED) is 0.442. The Morgan fingerprint density at radius 1 is 0.794 bits per heavy atom. The summed E-state index contributed by atoms with van der Waals surface area (Å²) in [5.41, 5.74) is 2.28. The molecule has 0 spiro atoms. The van der Waals surface area contributed by atoms with E-state index in [4.69, 9.17) is 9.47 Å². The zero-order valence-corrected chi connectivity index (χ0v) is 18.7. The van der Waals surface area contributed by atoms with Gasteiger partial charge in [-0.15, -0.1) is 0 Å². The molecule has 0 aliphatic heterocycles. The van der Waals surface area contributed by atoms with Gasteiger partial charge in [-0.05, 0) is 73.5 Å². The van der Waals surface area contributed by atoms with Crippen LogP contribution in [0.4, 0.5) is 17.1 Å². The summed E-state index contributed by atoms with van der Waals surface area (Å²) in [6.45, 7) is -0.195. The minimum absolute atomic E-state index is 0.0102. The van der Waals surface area contributed by atoms with Crippen molar-refractivity contribution in [2.75, 3.05) is 29.7 Å². The number of nitrogens with one attached hydrogen (secondary N) is 3. The van der Waals surface area contributed by atoms with E-state index in [0.717, 1.165) is 12.8 Å². The van der Waals surface area contributed by atoms with Crippen LogP contribution in [0.5, 0.6) is 11.5 Å². The first-order valence-corrected chi connectivity index (χ1v) is 10.9. The summed E-state index contributed by atoms with van der Waals surface area (Å²) in [6.07, 6.45) is 1.85. The predicted molar refractivity (Wildman–Crippen MR) is 129 cm³/mol. The Kier molecular flexibility index (Phi) is 7.07. The second-order valence-corrected chi connectivity index (χ2v) is 7.89. The van der Waals surface area contributed by atoms with E-state index in [0.29, 0.717) is 34.1 Å². The Hall–Kier alpha value is -4.33. The molecule has 34 heavy (non-hydrogen) atoms. The van der Waals surface area contributed by atoms with Crippen LogP contribution in [0.15, 0.2) is 72.8 Å². The normalized spacial score (nSPS) is 12.4. The fourth-order valence-electron chi connectivity index (χ4n) is 3.18. The van der Waals surface area contributed by atoms with Gasteiger partial charge >= 0.3 is 0 Å². The van der Waals surface area contributed by atoms with Gasteiger partial charge in [0.15, 0.2) is 6.61 Å². The molecule has 1 aliphatic rings. The van der Waals surface area contributed by atoms with Gasteiger partial charge in [0.25, 0.3) is 11.8 Å². The molecule has 8 heteroatoms. The van der Waals surface area contributed by atoms with E-state index >= 15 is 0 Å². The summed E-state index contributed by atoms with van der Waals surface area (Å²) in [7, 11) is 1.58. The number of carbonyl (C=O) groups is 3. The lowest BCUT2D eigenvalue weighted by Gasteiger charge is -2.10. The molecule has 3 aromatic rings. The maximum Gasteiger partial charge on any atom is 0.262 e. The monoisotopic (exact) mass is 459 g/mol. The van der Waals surface area contributed by atoms with Crippen LogP contribution in [0.25, 0.3) is 0 Å². The Labute approximate surface area is 197 Å². The molecule has 0 radical (unpaired) electrons. The van der Waals surface area contributed by atoms with E-state index in [9.17, 15) is 14.4 Å². The lowest BCUT2D eigenvalue weighted by atomic mass is 10.2. The van der Waals surface area contributed by atoms with E-state index in [1.807, 2.05) is 0 Å². The molecule has 0 heterocycles. The molecule has 3 amide bonds. The molecule has 0 saturated heterocycles. The molecule has 174 valence electrons. The molecule has 3 N–H and O–H groups in total. The van der Waals surface area contributed by atoms with Crippen molar-refractivity contribution in [3.63, 3.8) is 0 Å². The van der Waals surface area contributed by atoms with Crippen molar-refractivity contribution < 1.29 is 23.9 Å². The van der Waals surface area contributed by atoms with Crippen LogP contribution in [0.1, 0.15) is 23.2 Å². The third-order valence-electron chi connectivity index (χ3n) is 5.20. The maximum absolute atomic E-state index is 12.4. The van der Waals surface area contributed by atoms with Crippen molar-refractivity contribution >= 4 is 34.8 Å². The molecule has 0 aromatic heterocycles. The second kappa shape index (κ2) is 10.5. The first-order valence-electron chi connectivity index (χ1n) is 10.9. The van der Waals surface area contributed by atoms with Crippen molar-refractivity contribution in [1.82, 2.24) is 0 Å². The van der Waals surface area contributed by atoms with Gasteiger partial charge in [-0.3, -0.25) is 14.4 Å². The van der Waals surface area contributed by atoms with Crippen molar-refractivity contribution in [2.24, 2.45) is 5.92 Å². The van der Waals surface area contributed by atoms with Gasteiger partial charge in [0.2, 0.25) is 5.91 Å². The first kappa shape index (κ1) is 22.8. The van der Waals surface area contributed by atoms with Gasteiger partial charge in [-0.2, -0.15) is 0 Å². The highest BCUT2D eigenvalue weighted by Crippen LogP contribution is 2.30. The summed E-state index contributed by atoms with van der Waals surface area (Å²) in [5, 5.41) is 8.39. The van der Waals surface area contributed by atoms with Crippen LogP contribution in [-0.4, -0.2) is 31.4 Å². The molecule has 0 bridgehead atoms. The van der Waals surface area contributed by atoms with Crippen LogP contribution >= 0.6 is 0 Å². The minimum Gasteiger partial charge on any atom is -0.497 e. The van der Waals surface area contributed by atoms with E-state index in [1.165, 1.54) is 0 Å². The average Bonchev–Trinajstić information content (AvgIpc) is 3.70. The van der Waals surface area contributed by atoms with Crippen molar-refractivity contribution in [3.05, 3.63) is 78.4 Å². The van der Waals surface area contributed by atoms with Gasteiger partial charge in [-0.1, -0.05) is 6.07 Å². The van der Waals surface area contributed by atoms with Gasteiger partial charge in [0.1, 0.15) is 11.5 Å². The lowest BCUT2D eigenvalue weighted by molar-refractivity contribution is -0.118. The van der Waals surface area contributed by atoms with Crippen molar-refractivity contribution in [3.8, 4) is 11.5 Å². The molecule has 4 rings (SSSR count). The fraction of sp³-hybridized carbons (Fsp3) is 0.192. The number of methoxy groups -OCH3 is 1. The molecule has 8 nitrogen and oxygen atoms in total. The second-order valence-electron chi connectivity index (χ2n) is 7.89. The molecule has 0 atom stereocenters. The number of benzene rings is 3. The van der Waals surface area contributed by atoms with Crippen molar-refractivity contribution in [1.29, 1.82) is 0 Å². The molecular formula is C26H25N3O5. The van der Waals surface area contributed by atoms with Crippen LogP contribution in [0, 0.1) is 5.92 Å². The minimum atomic E-state index is -0.345. The van der Waals surface area contributed by atoms with E-state index in [2.05, 4.69) is 16.0 Å². The van der Waals surface area contributed by atoms with Crippen LogP contribution in [0.3, 0.4) is 0 Å². The largest absolute Gasteiger partial charge is 0.497 e. The van der Waals surface area contributed by atoms with Gasteiger partial charge in [0.05, 0.1) is 7.11 Å². The summed E-state index contributed by atoms with van der Waals surface area (Å²) in [4.78, 5) is 36.6. The highest BCUT2D eigenvalue weighted by Gasteiger charge is 2.29. The molecular weight excluding hydrogens is 434 g/mol. The number of hydrogen-bond acceptors (Lipinski definition) is 5. The number of ether oxygens (including phenoxy) is 2. The van der Waals surface area contributed by atoms with Gasteiger partial charge in [0, 0.05) is 34.6 Å². The van der Waals surface area contributed by atoms with Crippen LogP contribution in [0.2, 0.25) is 0 Å². The standard InChI is InChI=1S/C26H25N3O5/c1-33-22-13-11-20(12-14-22)28-25(31)18-7-9-19(10-8-18)27-24(30)16-34-23-4-2-3-21(15-23)29-26(32)17-5-6-17/h2-4,7-15,17H,5-6,16H2,1H3,(H,27,30)(H,28,31)(H,29,32). The number of amides is 3. The van der Waals surface area contributed by atoms with Gasteiger partial charge in [-0.25, -0.2) is 0 Å². The summed E-state index contributed by atoms with van der Waals surface area (Å²) in [6, 6.07) is 20.5. The summed E-state index contributed by atoms with van der Waals surface area (Å²) in [5.74, 6) is 0.693. The van der Waals surface area contributed by atoms with Crippen LogP contribution < -0.4 is 25.4 Å². The Morgan fingerprint density at radius 2 is 1.47 bits per heavy atom. The maximum atomic E-state index is 12.4. The summed E-state index contributed by atoms with van der Waals surface area (Å²) < 4.78 is 10.7. The van der Waals surface area contributed by atoms with E-state index in [-0.39, 0.29) is 30.2 Å². The zero-order chi connectivity index (χ0) is 23.9. The summed E-state index contributed by atoms with van der Waals surface area (Å²) >= 11 is 0. The number of rotatable bonds is 9. The molecule has 3 aromatic carbocycles. The molecule has 0 unspecified atom stereocenters. The Morgan fingerprint density at radius 3 is 2.15 bits per heavy atom. The Balaban J connectivity index is 1.25. The Bertz CT molecular complexity index is 1170. The third kappa shape index (κ3) is 6.35. The van der Waals surface area contributed by atoms with Crippen LogP contribution in [-0.2, 0) is 9.59 Å². The highest BCUT2D eigenvalue weighted by molar-refractivity contribution is 6.04. The van der Waals surface area contributed by atoms with Gasteiger partial charge < -0.3 is 25.4 Å². The topological polar surface area (TPSA) is 106 Å². The number of anilines is 3. The SMILES string of the molecule is COc1ccc(NC(=O)c2ccc(NC(=O)COc3cccc(NC(=O)C4CC4)c3)cc2)cc1. The highest BCUT2D eigenvalue weighted by atomic mass is 16.5. The number of hydrogen-bond donors (Lipinski definition) is 3. The first-order chi connectivity index (χ1) is 16.5. The lowest BCUT2D eigenvalue weighted by Crippen LogP contribution is -2.20. The average molecular weight is 460 g/mol. The number of carbonyl (C=O) groups excluding carboxylic acids is 3. The molecule has 1 saturated carbocycles. The predicted octanol–water partition coefficient (Wildman–Crippen LogP) is 4.31. The van der Waals surface area contributed by atoms with E-state index in [1.54, 1.807) is 79.9 Å². The smallest absolute Gasteiger partial charge is 0.262 e. The van der Waals surface area contributed by atoms with Crippen molar-refractivity contribution in [2.45, 2.75) is 12.8 Å². The molecule has 1 fully saturated rings. The molecule has 1 aliphatic carbocycles. The third-order valence-corrected chi connectivity index (χ3v) is 5.20. The fourth-order valence-corrected chi connectivity index (χ4v) is 3.18.